The Morgan fingerprint density at radius 3 is 2.79 bits per heavy atom. The molecule has 0 bridgehead atoms. The van der Waals surface area contributed by atoms with Crippen LogP contribution < -0.4 is 21.3 Å². The lowest BCUT2D eigenvalue weighted by Crippen LogP contribution is -2.51. The van der Waals surface area contributed by atoms with Crippen molar-refractivity contribution in [3.63, 3.8) is 0 Å². The van der Waals surface area contributed by atoms with Gasteiger partial charge in [-0.25, -0.2) is 0 Å². The van der Waals surface area contributed by atoms with Crippen molar-refractivity contribution in [1.29, 1.82) is 0 Å². The molecule has 4 N–H and O–H groups in total. The summed E-state index contributed by atoms with van der Waals surface area (Å²) in [6, 6.07) is 10.4. The van der Waals surface area contributed by atoms with E-state index in [1.807, 2.05) is 24.3 Å². The van der Waals surface area contributed by atoms with Crippen LogP contribution in [0.15, 0.2) is 40.8 Å². The molecule has 29 heavy (non-hydrogen) atoms. The highest BCUT2D eigenvalue weighted by atomic mass is 16.5. The number of carbonyl (C=O) groups excluding carboxylic acids is 3. The summed E-state index contributed by atoms with van der Waals surface area (Å²) in [6.07, 6.45) is 0. The van der Waals surface area contributed by atoms with Gasteiger partial charge in [-0.15, -0.1) is 0 Å². The summed E-state index contributed by atoms with van der Waals surface area (Å²) in [4.78, 5) is 35.5. The summed E-state index contributed by atoms with van der Waals surface area (Å²) < 4.78 is 10.9. The molecule has 0 spiro atoms. The second kappa shape index (κ2) is 9.85. The van der Waals surface area contributed by atoms with Crippen LogP contribution in [0.4, 0.5) is 0 Å². The van der Waals surface area contributed by atoms with Crippen LogP contribution in [0.3, 0.4) is 0 Å². The average molecular weight is 400 g/mol. The Hall–Kier alpha value is -3.17. The van der Waals surface area contributed by atoms with Gasteiger partial charge in [0.15, 0.2) is 5.76 Å². The summed E-state index contributed by atoms with van der Waals surface area (Å²) in [5.41, 5.74) is 1.68. The summed E-state index contributed by atoms with van der Waals surface area (Å²) in [5, 5.41) is 10.9. The molecule has 1 saturated heterocycles. The van der Waals surface area contributed by atoms with E-state index in [4.69, 9.17) is 9.15 Å². The molecule has 0 radical (unpaired) electrons. The topological polar surface area (TPSA) is 122 Å². The van der Waals surface area contributed by atoms with Crippen molar-refractivity contribution in [1.82, 2.24) is 21.3 Å². The van der Waals surface area contributed by atoms with Gasteiger partial charge in [-0.3, -0.25) is 14.4 Å². The number of rotatable bonds is 7. The highest BCUT2D eigenvalue weighted by Gasteiger charge is 2.20. The van der Waals surface area contributed by atoms with Gasteiger partial charge in [-0.1, -0.05) is 18.2 Å². The van der Waals surface area contributed by atoms with Crippen LogP contribution in [0, 0.1) is 0 Å². The standard InChI is InChI=1S/C20H24N4O5/c1-21-18(25)11-24-20(27)17-6-5-16(29-17)14-4-2-3-13(9-14)10-23-19(26)15-12-28-8-7-22-15/h2-6,9,15,22H,7-8,10-12H2,1H3,(H,21,25)(H,23,26)(H,24,27). The fraction of sp³-hybridized carbons (Fsp3) is 0.350. The third-order valence-electron chi connectivity index (χ3n) is 4.43. The average Bonchev–Trinajstić information content (AvgIpc) is 3.27. The van der Waals surface area contributed by atoms with Crippen LogP contribution in [-0.2, 0) is 20.9 Å². The van der Waals surface area contributed by atoms with Gasteiger partial charge >= 0.3 is 0 Å². The van der Waals surface area contributed by atoms with E-state index in [2.05, 4.69) is 21.3 Å². The SMILES string of the molecule is CNC(=O)CNC(=O)c1ccc(-c2cccc(CNC(=O)C3COCCN3)c2)o1. The van der Waals surface area contributed by atoms with Gasteiger partial charge in [0.1, 0.15) is 11.8 Å². The van der Waals surface area contributed by atoms with Crippen LogP contribution in [0.5, 0.6) is 0 Å². The van der Waals surface area contributed by atoms with Crippen molar-refractivity contribution in [2.45, 2.75) is 12.6 Å². The lowest BCUT2D eigenvalue weighted by molar-refractivity contribution is -0.126. The largest absolute Gasteiger partial charge is 0.451 e. The number of benzene rings is 1. The zero-order valence-electron chi connectivity index (χ0n) is 16.1. The second-order valence-electron chi connectivity index (χ2n) is 6.52. The number of hydrogen-bond donors (Lipinski definition) is 4. The highest BCUT2D eigenvalue weighted by Crippen LogP contribution is 2.23. The second-order valence-corrected chi connectivity index (χ2v) is 6.52. The number of furan rings is 1. The van der Waals surface area contributed by atoms with Gasteiger partial charge in [0, 0.05) is 25.7 Å². The van der Waals surface area contributed by atoms with E-state index in [1.165, 1.54) is 7.05 Å². The van der Waals surface area contributed by atoms with Crippen molar-refractivity contribution in [3.05, 3.63) is 47.7 Å². The predicted octanol–water partition coefficient (Wildman–Crippen LogP) is 0.0270. The number of ether oxygens (including phenoxy) is 1. The van der Waals surface area contributed by atoms with E-state index in [0.29, 0.717) is 32.1 Å². The molecular weight excluding hydrogens is 376 g/mol. The van der Waals surface area contributed by atoms with Gasteiger partial charge in [0.25, 0.3) is 5.91 Å². The van der Waals surface area contributed by atoms with Crippen molar-refractivity contribution >= 4 is 17.7 Å². The highest BCUT2D eigenvalue weighted by molar-refractivity contribution is 5.94. The summed E-state index contributed by atoms with van der Waals surface area (Å²) in [5.74, 6) is -0.236. The maximum atomic E-state index is 12.2. The van der Waals surface area contributed by atoms with E-state index in [-0.39, 0.29) is 30.2 Å². The van der Waals surface area contributed by atoms with Crippen molar-refractivity contribution in [2.75, 3.05) is 33.4 Å². The summed E-state index contributed by atoms with van der Waals surface area (Å²) in [7, 11) is 1.49. The van der Waals surface area contributed by atoms with E-state index in [1.54, 1.807) is 12.1 Å². The smallest absolute Gasteiger partial charge is 0.287 e. The third kappa shape index (κ3) is 5.66. The molecule has 1 fully saturated rings. The fourth-order valence-corrected chi connectivity index (χ4v) is 2.83. The molecule has 1 aromatic carbocycles. The molecule has 9 heteroatoms. The first-order valence-corrected chi connectivity index (χ1v) is 9.33. The van der Waals surface area contributed by atoms with Gasteiger partial charge in [-0.2, -0.15) is 0 Å². The Kier molecular flexibility index (Phi) is 6.99. The number of morpholine rings is 1. The summed E-state index contributed by atoms with van der Waals surface area (Å²) in [6.45, 7) is 1.88. The van der Waals surface area contributed by atoms with Crippen LogP contribution in [0.2, 0.25) is 0 Å². The number of amides is 3. The molecule has 0 saturated carbocycles. The van der Waals surface area contributed by atoms with E-state index in [9.17, 15) is 14.4 Å². The van der Waals surface area contributed by atoms with Gasteiger partial charge in [-0.05, 0) is 23.8 Å². The number of nitrogens with one attached hydrogen (secondary N) is 4. The lowest BCUT2D eigenvalue weighted by atomic mass is 10.1. The molecule has 9 nitrogen and oxygen atoms in total. The van der Waals surface area contributed by atoms with Gasteiger partial charge < -0.3 is 30.4 Å². The third-order valence-corrected chi connectivity index (χ3v) is 4.43. The normalized spacial score (nSPS) is 16.1. The van der Waals surface area contributed by atoms with Crippen molar-refractivity contribution < 1.29 is 23.5 Å². The first-order valence-electron chi connectivity index (χ1n) is 9.33. The van der Waals surface area contributed by atoms with Crippen LogP contribution >= 0.6 is 0 Å². The zero-order chi connectivity index (χ0) is 20.6. The molecule has 3 rings (SSSR count). The fourth-order valence-electron chi connectivity index (χ4n) is 2.83. The monoisotopic (exact) mass is 400 g/mol. The molecule has 154 valence electrons. The summed E-state index contributed by atoms with van der Waals surface area (Å²) >= 11 is 0. The Balaban J connectivity index is 1.59. The molecule has 3 amide bonds. The quantitative estimate of drug-likeness (QED) is 0.520. The molecule has 0 aliphatic carbocycles. The van der Waals surface area contributed by atoms with Crippen LogP contribution in [0.25, 0.3) is 11.3 Å². The van der Waals surface area contributed by atoms with Gasteiger partial charge in [0.2, 0.25) is 11.8 Å². The molecule has 1 aliphatic heterocycles. The van der Waals surface area contributed by atoms with E-state index in [0.717, 1.165) is 11.1 Å². The maximum absolute atomic E-state index is 12.2. The minimum atomic E-state index is -0.467. The van der Waals surface area contributed by atoms with Crippen LogP contribution in [0.1, 0.15) is 16.1 Å². The lowest BCUT2D eigenvalue weighted by Gasteiger charge is -2.22. The molecular formula is C20H24N4O5. The molecule has 1 unspecified atom stereocenters. The minimum Gasteiger partial charge on any atom is -0.451 e. The number of hydrogen-bond acceptors (Lipinski definition) is 6. The molecule has 1 aromatic heterocycles. The first kappa shape index (κ1) is 20.6. The Labute approximate surface area is 168 Å². The van der Waals surface area contributed by atoms with Crippen molar-refractivity contribution in [3.8, 4) is 11.3 Å². The predicted molar refractivity (Wildman–Crippen MR) is 105 cm³/mol. The van der Waals surface area contributed by atoms with Gasteiger partial charge in [0.05, 0.1) is 19.8 Å². The molecule has 1 aliphatic rings. The zero-order valence-corrected chi connectivity index (χ0v) is 16.1. The van der Waals surface area contributed by atoms with E-state index >= 15 is 0 Å². The van der Waals surface area contributed by atoms with Crippen LogP contribution in [-0.4, -0.2) is 57.1 Å². The molecule has 1 atom stereocenters. The molecule has 2 heterocycles. The first-order chi connectivity index (χ1) is 14.1. The molecule has 2 aromatic rings. The van der Waals surface area contributed by atoms with Crippen molar-refractivity contribution in [2.24, 2.45) is 0 Å². The number of carbonyl (C=O) groups is 3. The Morgan fingerprint density at radius 2 is 2.03 bits per heavy atom. The maximum Gasteiger partial charge on any atom is 0.287 e. The number of likely N-dealkylation sites (N-methyl/N-ethyl adjacent to an activating group) is 1. The minimum absolute atomic E-state index is 0.108. The Morgan fingerprint density at radius 1 is 1.17 bits per heavy atom. The Bertz CT molecular complexity index is 873. The van der Waals surface area contributed by atoms with E-state index < -0.39 is 5.91 Å².